The molecule has 3 heteroatoms. The lowest BCUT2D eigenvalue weighted by molar-refractivity contribution is 0.393. The van der Waals surface area contributed by atoms with Gasteiger partial charge in [0.05, 0.1) is 0 Å². The molecular weight excluding hydrogens is 239 g/mol. The van der Waals surface area contributed by atoms with Crippen molar-refractivity contribution >= 4 is 5.69 Å². The van der Waals surface area contributed by atoms with Crippen molar-refractivity contribution in [2.24, 2.45) is 0 Å². The predicted molar refractivity (Wildman–Crippen MR) is 79.3 cm³/mol. The minimum Gasteiger partial charge on any atom is -0.369 e. The van der Waals surface area contributed by atoms with E-state index in [0.29, 0.717) is 12.5 Å². The zero-order chi connectivity index (χ0) is 14.2. The molecule has 0 aromatic heterocycles. The zero-order valence-corrected chi connectivity index (χ0v) is 12.7. The van der Waals surface area contributed by atoms with Crippen LogP contribution in [0.2, 0.25) is 0 Å². The van der Waals surface area contributed by atoms with Gasteiger partial charge in [-0.1, -0.05) is 13.8 Å². The lowest BCUT2D eigenvalue weighted by Gasteiger charge is -2.45. The summed E-state index contributed by atoms with van der Waals surface area (Å²) in [6.45, 7) is 10.2. The molecule has 0 saturated carbocycles. The van der Waals surface area contributed by atoms with Gasteiger partial charge in [0, 0.05) is 30.4 Å². The SMILES string of the molecule is CCNCc1cc2c(cc1F)N(C)C(C)(C)C[C@H]2C. The first-order valence-electron chi connectivity index (χ1n) is 7.13. The predicted octanol–water partition coefficient (Wildman–Crippen LogP) is 3.66. The van der Waals surface area contributed by atoms with Gasteiger partial charge >= 0.3 is 0 Å². The molecule has 1 aromatic carbocycles. The molecule has 0 aliphatic carbocycles. The van der Waals surface area contributed by atoms with Crippen LogP contribution in [0.3, 0.4) is 0 Å². The Hall–Kier alpha value is -1.09. The molecule has 19 heavy (non-hydrogen) atoms. The molecule has 0 amide bonds. The van der Waals surface area contributed by atoms with E-state index in [1.54, 1.807) is 6.07 Å². The first kappa shape index (κ1) is 14.3. The largest absolute Gasteiger partial charge is 0.369 e. The summed E-state index contributed by atoms with van der Waals surface area (Å²) < 4.78 is 14.2. The van der Waals surface area contributed by atoms with Crippen molar-refractivity contribution < 1.29 is 4.39 Å². The van der Waals surface area contributed by atoms with Crippen LogP contribution in [0, 0.1) is 5.82 Å². The van der Waals surface area contributed by atoms with E-state index in [1.807, 2.05) is 13.0 Å². The molecule has 0 unspecified atom stereocenters. The molecule has 1 aromatic rings. The van der Waals surface area contributed by atoms with Gasteiger partial charge in [-0.25, -0.2) is 4.39 Å². The van der Waals surface area contributed by atoms with Gasteiger partial charge in [-0.2, -0.15) is 0 Å². The van der Waals surface area contributed by atoms with Crippen LogP contribution in [0.15, 0.2) is 12.1 Å². The van der Waals surface area contributed by atoms with Gasteiger partial charge in [0.2, 0.25) is 0 Å². The summed E-state index contributed by atoms with van der Waals surface area (Å²) in [5.74, 6) is 0.374. The average molecular weight is 264 g/mol. The maximum atomic E-state index is 14.2. The third-order valence-electron chi connectivity index (χ3n) is 4.37. The third-order valence-corrected chi connectivity index (χ3v) is 4.37. The summed E-state index contributed by atoms with van der Waals surface area (Å²) in [5, 5.41) is 3.20. The highest BCUT2D eigenvalue weighted by Gasteiger charge is 2.34. The molecule has 1 aliphatic heterocycles. The number of nitrogens with one attached hydrogen (secondary N) is 1. The van der Waals surface area contributed by atoms with E-state index in [-0.39, 0.29) is 11.4 Å². The molecule has 1 heterocycles. The summed E-state index contributed by atoms with van der Waals surface area (Å²) >= 11 is 0. The Morgan fingerprint density at radius 2 is 2.11 bits per heavy atom. The molecule has 1 N–H and O–H groups in total. The van der Waals surface area contributed by atoms with Gasteiger partial charge in [-0.15, -0.1) is 0 Å². The number of halogens is 1. The molecule has 0 spiro atoms. The Morgan fingerprint density at radius 1 is 1.42 bits per heavy atom. The number of nitrogens with zero attached hydrogens (tertiary/aromatic N) is 1. The Morgan fingerprint density at radius 3 is 2.74 bits per heavy atom. The van der Waals surface area contributed by atoms with Crippen molar-refractivity contribution in [2.45, 2.75) is 52.1 Å². The van der Waals surface area contributed by atoms with Crippen molar-refractivity contribution in [3.8, 4) is 0 Å². The Labute approximate surface area is 116 Å². The van der Waals surface area contributed by atoms with Crippen LogP contribution in [-0.4, -0.2) is 19.1 Å². The highest BCUT2D eigenvalue weighted by Crippen LogP contribution is 2.43. The van der Waals surface area contributed by atoms with Crippen molar-refractivity contribution in [3.05, 3.63) is 29.1 Å². The van der Waals surface area contributed by atoms with Crippen molar-refractivity contribution in [1.82, 2.24) is 5.32 Å². The van der Waals surface area contributed by atoms with Crippen LogP contribution in [0.5, 0.6) is 0 Å². The first-order chi connectivity index (χ1) is 8.86. The number of hydrogen-bond acceptors (Lipinski definition) is 2. The Balaban J connectivity index is 2.43. The monoisotopic (exact) mass is 264 g/mol. The molecule has 106 valence electrons. The standard InChI is InChI=1S/C16H25FN2/c1-6-18-10-12-7-13-11(2)9-16(3,4)19(5)15(13)8-14(12)17/h7-8,11,18H,6,9-10H2,1-5H3/t11-/m1/s1. The highest BCUT2D eigenvalue weighted by molar-refractivity contribution is 5.60. The van der Waals surface area contributed by atoms with E-state index >= 15 is 0 Å². The van der Waals surface area contributed by atoms with Crippen molar-refractivity contribution in [3.63, 3.8) is 0 Å². The smallest absolute Gasteiger partial charge is 0.129 e. The van der Waals surface area contributed by atoms with Crippen molar-refractivity contribution in [2.75, 3.05) is 18.5 Å². The molecule has 2 rings (SSSR count). The lowest BCUT2D eigenvalue weighted by Crippen LogP contribution is -2.45. The van der Waals surface area contributed by atoms with Crippen LogP contribution in [0.1, 0.15) is 51.2 Å². The van der Waals surface area contributed by atoms with Crippen LogP contribution >= 0.6 is 0 Å². The van der Waals surface area contributed by atoms with Crippen LogP contribution in [0.4, 0.5) is 10.1 Å². The average Bonchev–Trinajstić information content (AvgIpc) is 2.34. The second-order valence-corrected chi connectivity index (χ2v) is 6.26. The number of anilines is 1. The van der Waals surface area contributed by atoms with Gasteiger partial charge in [-0.05, 0) is 50.4 Å². The van der Waals surface area contributed by atoms with E-state index in [4.69, 9.17) is 0 Å². The van der Waals surface area contributed by atoms with Crippen LogP contribution < -0.4 is 10.2 Å². The maximum Gasteiger partial charge on any atom is 0.129 e. The molecular formula is C16H25FN2. The minimum absolute atomic E-state index is 0.0854. The van der Waals surface area contributed by atoms with E-state index in [2.05, 4.69) is 38.0 Å². The molecule has 0 radical (unpaired) electrons. The summed E-state index contributed by atoms with van der Waals surface area (Å²) in [5.41, 5.74) is 3.18. The summed E-state index contributed by atoms with van der Waals surface area (Å²) in [6, 6.07) is 3.75. The highest BCUT2D eigenvalue weighted by atomic mass is 19.1. The second kappa shape index (κ2) is 5.12. The van der Waals surface area contributed by atoms with E-state index in [9.17, 15) is 4.39 Å². The van der Waals surface area contributed by atoms with Crippen LogP contribution in [-0.2, 0) is 6.54 Å². The molecule has 0 fully saturated rings. The zero-order valence-electron chi connectivity index (χ0n) is 12.7. The normalized spacial score (nSPS) is 21.4. The minimum atomic E-state index is -0.101. The summed E-state index contributed by atoms with van der Waals surface area (Å²) in [7, 11) is 2.06. The molecule has 1 aliphatic rings. The fraction of sp³-hybridized carbons (Fsp3) is 0.625. The van der Waals surface area contributed by atoms with Gasteiger partial charge < -0.3 is 10.2 Å². The quantitative estimate of drug-likeness (QED) is 0.896. The molecule has 1 atom stereocenters. The number of benzene rings is 1. The summed E-state index contributed by atoms with van der Waals surface area (Å²) in [6.07, 6.45) is 1.10. The van der Waals surface area contributed by atoms with Gasteiger partial charge in [-0.3, -0.25) is 0 Å². The number of hydrogen-bond donors (Lipinski definition) is 1. The number of rotatable bonds is 3. The van der Waals surface area contributed by atoms with E-state index in [1.165, 1.54) is 5.56 Å². The van der Waals surface area contributed by atoms with Crippen LogP contribution in [0.25, 0.3) is 0 Å². The molecule has 0 saturated heterocycles. The topological polar surface area (TPSA) is 15.3 Å². The molecule has 0 bridgehead atoms. The van der Waals surface area contributed by atoms with Gasteiger partial charge in [0.1, 0.15) is 5.82 Å². The van der Waals surface area contributed by atoms with E-state index < -0.39 is 0 Å². The molecule has 2 nitrogen and oxygen atoms in total. The third kappa shape index (κ3) is 2.62. The lowest BCUT2D eigenvalue weighted by atomic mass is 9.80. The maximum absolute atomic E-state index is 14.2. The first-order valence-corrected chi connectivity index (χ1v) is 7.13. The fourth-order valence-corrected chi connectivity index (χ4v) is 3.03. The van der Waals surface area contributed by atoms with Crippen molar-refractivity contribution in [1.29, 1.82) is 0 Å². The van der Waals surface area contributed by atoms with Gasteiger partial charge in [0.25, 0.3) is 0 Å². The Kier molecular flexibility index (Phi) is 3.86. The van der Waals surface area contributed by atoms with Gasteiger partial charge in [0.15, 0.2) is 0 Å². The Bertz CT molecular complexity index is 468. The summed E-state index contributed by atoms with van der Waals surface area (Å²) in [4.78, 5) is 2.21. The second-order valence-electron chi connectivity index (χ2n) is 6.26. The fourth-order valence-electron chi connectivity index (χ4n) is 3.03. The van der Waals surface area contributed by atoms with E-state index in [0.717, 1.165) is 24.2 Å². The number of fused-ring (bicyclic) bond motifs is 1.